The van der Waals surface area contributed by atoms with Crippen LogP contribution in [-0.4, -0.2) is 40.5 Å². The van der Waals surface area contributed by atoms with Gasteiger partial charge in [-0.05, 0) is 63.8 Å². The first-order valence-electron chi connectivity index (χ1n) is 10.8. The molecule has 2 fully saturated rings. The van der Waals surface area contributed by atoms with E-state index in [0.717, 1.165) is 43.6 Å². The van der Waals surface area contributed by atoms with Gasteiger partial charge in [-0.3, -0.25) is 15.1 Å². The SMILES string of the molecule is CN1CC[C@@]2(CC[C@H](c3cc(-c4ccc(C(F)(F)F)cc4)c(OC(C)(C)C)cn3)N2)C1=O. The predicted octanol–water partition coefficient (Wildman–Crippen LogP) is 4.97. The van der Waals surface area contributed by atoms with Gasteiger partial charge in [0.25, 0.3) is 0 Å². The smallest absolute Gasteiger partial charge is 0.416 e. The standard InChI is InChI=1S/C24H28F3N3O2/c1-22(2,3)32-20-14-28-19(18-9-10-23(29-18)11-12-30(4)21(23)31)13-17(20)15-5-7-16(8-6-15)24(25,26)27/h5-8,13-14,18,29H,9-12H2,1-4H3/t18-,23+/m1/s1. The summed E-state index contributed by atoms with van der Waals surface area (Å²) in [5, 5.41) is 3.49. The molecule has 0 unspecified atom stereocenters. The van der Waals surface area contributed by atoms with Crippen LogP contribution >= 0.6 is 0 Å². The summed E-state index contributed by atoms with van der Waals surface area (Å²) in [4.78, 5) is 19.0. The van der Waals surface area contributed by atoms with Crippen molar-refractivity contribution in [3.63, 3.8) is 0 Å². The molecule has 172 valence electrons. The lowest BCUT2D eigenvalue weighted by Gasteiger charge is -2.25. The minimum atomic E-state index is -4.39. The first-order chi connectivity index (χ1) is 14.9. The fraction of sp³-hybridized carbons (Fsp3) is 0.500. The third-order valence-corrected chi connectivity index (χ3v) is 6.13. The number of nitrogens with one attached hydrogen (secondary N) is 1. The van der Waals surface area contributed by atoms with Crippen molar-refractivity contribution in [3.8, 4) is 16.9 Å². The van der Waals surface area contributed by atoms with Gasteiger partial charge in [0.1, 0.15) is 16.9 Å². The maximum atomic E-state index is 13.0. The van der Waals surface area contributed by atoms with Crippen LogP contribution in [0, 0.1) is 0 Å². The number of benzene rings is 1. The van der Waals surface area contributed by atoms with Crippen molar-refractivity contribution in [3.05, 3.63) is 47.8 Å². The number of hydrogen-bond acceptors (Lipinski definition) is 4. The van der Waals surface area contributed by atoms with Crippen molar-refractivity contribution >= 4 is 5.91 Å². The number of hydrogen-bond donors (Lipinski definition) is 1. The topological polar surface area (TPSA) is 54.5 Å². The highest BCUT2D eigenvalue weighted by Crippen LogP contribution is 2.41. The number of aromatic nitrogens is 1. The predicted molar refractivity (Wildman–Crippen MR) is 115 cm³/mol. The fourth-order valence-electron chi connectivity index (χ4n) is 4.51. The summed E-state index contributed by atoms with van der Waals surface area (Å²) in [6, 6.07) is 6.82. The maximum absolute atomic E-state index is 13.0. The number of likely N-dealkylation sites (N-methyl/N-ethyl adjacent to an activating group) is 1. The van der Waals surface area contributed by atoms with E-state index in [2.05, 4.69) is 10.3 Å². The lowest BCUT2D eigenvalue weighted by atomic mass is 9.96. The van der Waals surface area contributed by atoms with Crippen LogP contribution in [0.3, 0.4) is 0 Å². The maximum Gasteiger partial charge on any atom is 0.416 e. The first-order valence-corrected chi connectivity index (χ1v) is 10.8. The Labute approximate surface area is 186 Å². The zero-order valence-electron chi connectivity index (χ0n) is 18.7. The number of amides is 1. The summed E-state index contributed by atoms with van der Waals surface area (Å²) in [6.07, 6.45) is -0.509. The van der Waals surface area contributed by atoms with Crippen molar-refractivity contribution in [2.75, 3.05) is 13.6 Å². The van der Waals surface area contributed by atoms with Crippen LogP contribution in [0.4, 0.5) is 13.2 Å². The molecule has 2 saturated heterocycles. The van der Waals surface area contributed by atoms with Gasteiger partial charge in [0.15, 0.2) is 0 Å². The van der Waals surface area contributed by atoms with E-state index in [-0.39, 0.29) is 11.9 Å². The number of pyridine rings is 1. The van der Waals surface area contributed by atoms with Crippen molar-refractivity contribution in [2.45, 2.75) is 63.4 Å². The van der Waals surface area contributed by atoms with Gasteiger partial charge in [0.2, 0.25) is 5.91 Å². The second kappa shape index (κ2) is 7.76. The molecule has 4 rings (SSSR count). The number of nitrogens with zero attached hydrogens (tertiary/aromatic N) is 2. The van der Waals surface area contributed by atoms with E-state index in [4.69, 9.17) is 4.74 Å². The molecule has 0 saturated carbocycles. The molecule has 1 N–H and O–H groups in total. The van der Waals surface area contributed by atoms with E-state index in [1.165, 1.54) is 12.1 Å². The average Bonchev–Trinajstić information content (AvgIpc) is 3.26. The molecule has 1 aromatic heterocycles. The highest BCUT2D eigenvalue weighted by molar-refractivity contribution is 5.88. The Kier molecular flexibility index (Phi) is 5.48. The van der Waals surface area contributed by atoms with Gasteiger partial charge in [-0.2, -0.15) is 13.2 Å². The number of rotatable bonds is 3. The molecule has 5 nitrogen and oxygen atoms in total. The van der Waals surface area contributed by atoms with E-state index in [9.17, 15) is 18.0 Å². The van der Waals surface area contributed by atoms with E-state index in [1.54, 1.807) is 11.1 Å². The lowest BCUT2D eigenvalue weighted by molar-refractivity contribution is -0.137. The third-order valence-electron chi connectivity index (χ3n) is 6.13. The first kappa shape index (κ1) is 22.6. The Hall–Kier alpha value is -2.61. The Bertz CT molecular complexity index is 1010. The molecule has 2 aromatic rings. The van der Waals surface area contributed by atoms with Gasteiger partial charge in [0.05, 0.1) is 23.5 Å². The van der Waals surface area contributed by atoms with Gasteiger partial charge in [-0.1, -0.05) is 12.1 Å². The zero-order valence-corrected chi connectivity index (χ0v) is 18.7. The molecular weight excluding hydrogens is 419 g/mol. The molecule has 8 heteroatoms. The Morgan fingerprint density at radius 2 is 1.84 bits per heavy atom. The van der Waals surface area contributed by atoms with Crippen LogP contribution in [0.1, 0.15) is 57.3 Å². The number of carbonyl (C=O) groups is 1. The molecule has 2 aliphatic heterocycles. The van der Waals surface area contributed by atoms with E-state index < -0.39 is 22.9 Å². The van der Waals surface area contributed by atoms with Crippen molar-refractivity contribution < 1.29 is 22.7 Å². The summed E-state index contributed by atoms with van der Waals surface area (Å²) in [7, 11) is 1.81. The highest BCUT2D eigenvalue weighted by Gasteiger charge is 2.50. The number of ether oxygens (including phenoxy) is 1. The molecule has 0 aliphatic carbocycles. The van der Waals surface area contributed by atoms with Crippen LogP contribution in [0.15, 0.2) is 36.5 Å². The number of halogens is 3. The summed E-state index contributed by atoms with van der Waals surface area (Å²) in [5.74, 6) is 0.612. The van der Waals surface area contributed by atoms with Crippen molar-refractivity contribution in [2.24, 2.45) is 0 Å². The third kappa shape index (κ3) is 4.33. The van der Waals surface area contributed by atoms with Gasteiger partial charge < -0.3 is 9.64 Å². The average molecular weight is 448 g/mol. The van der Waals surface area contributed by atoms with E-state index in [1.807, 2.05) is 33.9 Å². The normalized spacial score (nSPS) is 23.9. The summed E-state index contributed by atoms with van der Waals surface area (Å²) < 4.78 is 45.1. The van der Waals surface area contributed by atoms with Gasteiger partial charge in [-0.15, -0.1) is 0 Å². The number of carbonyl (C=O) groups excluding carboxylic acids is 1. The summed E-state index contributed by atoms with van der Waals surface area (Å²) >= 11 is 0. The molecule has 2 aliphatic rings. The number of likely N-dealkylation sites (tertiary alicyclic amines) is 1. The van der Waals surface area contributed by atoms with Crippen LogP contribution in [0.5, 0.6) is 5.75 Å². The molecule has 2 atom stereocenters. The molecular formula is C24H28F3N3O2. The largest absolute Gasteiger partial charge is 0.486 e. The molecule has 32 heavy (non-hydrogen) atoms. The molecule has 0 bridgehead atoms. The van der Waals surface area contributed by atoms with Gasteiger partial charge in [-0.25, -0.2) is 0 Å². The van der Waals surface area contributed by atoms with E-state index in [0.29, 0.717) is 16.9 Å². The fourth-order valence-corrected chi connectivity index (χ4v) is 4.51. The van der Waals surface area contributed by atoms with E-state index >= 15 is 0 Å². The molecule has 1 aromatic carbocycles. The zero-order chi connectivity index (χ0) is 23.3. The molecule has 3 heterocycles. The molecule has 1 spiro atoms. The Balaban J connectivity index is 1.68. The quantitative estimate of drug-likeness (QED) is 0.722. The second-order valence-electron chi connectivity index (χ2n) is 9.69. The molecule has 1 amide bonds. The minimum Gasteiger partial charge on any atom is -0.486 e. The van der Waals surface area contributed by atoms with Crippen molar-refractivity contribution in [1.82, 2.24) is 15.2 Å². The Morgan fingerprint density at radius 1 is 1.16 bits per heavy atom. The number of alkyl halides is 3. The van der Waals surface area contributed by atoms with Crippen LogP contribution in [0.25, 0.3) is 11.1 Å². The van der Waals surface area contributed by atoms with Gasteiger partial charge >= 0.3 is 6.18 Å². The van der Waals surface area contributed by atoms with Gasteiger partial charge in [0, 0.05) is 19.2 Å². The highest BCUT2D eigenvalue weighted by atomic mass is 19.4. The monoisotopic (exact) mass is 447 g/mol. The lowest BCUT2D eigenvalue weighted by Crippen LogP contribution is -2.47. The Morgan fingerprint density at radius 3 is 2.41 bits per heavy atom. The van der Waals surface area contributed by atoms with Crippen molar-refractivity contribution in [1.29, 1.82) is 0 Å². The van der Waals surface area contributed by atoms with Crippen LogP contribution < -0.4 is 10.1 Å². The van der Waals surface area contributed by atoms with Crippen LogP contribution in [0.2, 0.25) is 0 Å². The minimum absolute atomic E-state index is 0.107. The summed E-state index contributed by atoms with van der Waals surface area (Å²) in [6.45, 7) is 6.44. The second-order valence-corrected chi connectivity index (χ2v) is 9.69. The van der Waals surface area contributed by atoms with Crippen LogP contribution in [-0.2, 0) is 11.0 Å². The summed E-state index contributed by atoms with van der Waals surface area (Å²) in [5.41, 5.74) is 0.301. The molecule has 0 radical (unpaired) electrons.